The minimum atomic E-state index is -0.678. The Morgan fingerprint density at radius 3 is 2.76 bits per heavy atom. The van der Waals surface area contributed by atoms with Gasteiger partial charge >= 0.3 is 5.97 Å². The second-order valence-electron chi connectivity index (χ2n) is 4.97. The highest BCUT2D eigenvalue weighted by molar-refractivity contribution is 5.79. The van der Waals surface area contributed by atoms with Crippen LogP contribution < -0.4 is 4.90 Å². The zero-order chi connectivity index (χ0) is 11.8. The molecule has 1 aromatic rings. The molecule has 1 fully saturated rings. The van der Waals surface area contributed by atoms with E-state index in [0.717, 1.165) is 31.5 Å². The van der Waals surface area contributed by atoms with Crippen molar-refractivity contribution in [2.75, 3.05) is 18.0 Å². The van der Waals surface area contributed by atoms with E-state index in [9.17, 15) is 9.90 Å². The Morgan fingerprint density at radius 1 is 1.29 bits per heavy atom. The summed E-state index contributed by atoms with van der Waals surface area (Å²) in [6.45, 7) is 2.24. The third kappa shape index (κ3) is 1.70. The first-order valence-corrected chi connectivity index (χ1v) is 6.37. The van der Waals surface area contributed by atoms with Gasteiger partial charge in [-0.1, -0.05) is 12.1 Å². The van der Waals surface area contributed by atoms with Gasteiger partial charge in [0.2, 0.25) is 0 Å². The van der Waals surface area contributed by atoms with E-state index in [0.29, 0.717) is 0 Å². The lowest BCUT2D eigenvalue weighted by Gasteiger charge is -2.21. The summed E-state index contributed by atoms with van der Waals surface area (Å²) in [5.74, 6) is -0.963. The molecule has 1 N–H and O–H groups in total. The molecule has 0 radical (unpaired) electrons. The number of fused-ring (bicyclic) bond motifs is 1. The van der Waals surface area contributed by atoms with Gasteiger partial charge < -0.3 is 10.0 Å². The fourth-order valence-electron chi connectivity index (χ4n) is 3.15. The summed E-state index contributed by atoms with van der Waals surface area (Å²) in [4.78, 5) is 13.6. The van der Waals surface area contributed by atoms with E-state index in [1.165, 1.54) is 24.1 Å². The van der Waals surface area contributed by atoms with E-state index in [2.05, 4.69) is 11.0 Å². The van der Waals surface area contributed by atoms with Gasteiger partial charge in [-0.15, -0.1) is 0 Å². The molecule has 1 aliphatic heterocycles. The number of carboxylic acid groups (broad SMARTS) is 1. The Balaban J connectivity index is 2.00. The van der Waals surface area contributed by atoms with Crippen molar-refractivity contribution in [2.45, 2.75) is 31.6 Å². The standard InChI is InChI=1S/C14H17NO2/c16-14(17)12-7-6-11-10(12)4-3-5-13(11)15-8-1-2-9-15/h3-5,12H,1-2,6-9H2,(H,16,17). The van der Waals surface area contributed by atoms with E-state index < -0.39 is 5.97 Å². The minimum Gasteiger partial charge on any atom is -0.481 e. The SMILES string of the molecule is O=C(O)C1CCc2c1cccc2N1CCCC1. The Morgan fingerprint density at radius 2 is 2.06 bits per heavy atom. The summed E-state index contributed by atoms with van der Waals surface area (Å²) < 4.78 is 0. The van der Waals surface area contributed by atoms with E-state index in [4.69, 9.17) is 0 Å². The molecule has 2 aliphatic rings. The van der Waals surface area contributed by atoms with Crippen LogP contribution in [0.1, 0.15) is 36.3 Å². The zero-order valence-corrected chi connectivity index (χ0v) is 9.85. The predicted octanol–water partition coefficient (Wildman–Crippen LogP) is 2.40. The van der Waals surface area contributed by atoms with Crippen LogP contribution in [-0.4, -0.2) is 24.2 Å². The highest BCUT2D eigenvalue weighted by Crippen LogP contribution is 2.39. The first kappa shape index (κ1) is 10.6. The van der Waals surface area contributed by atoms with Crippen molar-refractivity contribution in [3.05, 3.63) is 29.3 Å². The van der Waals surface area contributed by atoms with Crippen molar-refractivity contribution in [1.29, 1.82) is 0 Å². The maximum atomic E-state index is 11.2. The summed E-state index contributed by atoms with van der Waals surface area (Å²) >= 11 is 0. The van der Waals surface area contributed by atoms with Crippen molar-refractivity contribution < 1.29 is 9.90 Å². The Hall–Kier alpha value is -1.51. The maximum Gasteiger partial charge on any atom is 0.310 e. The van der Waals surface area contributed by atoms with E-state index in [-0.39, 0.29) is 5.92 Å². The lowest BCUT2D eigenvalue weighted by molar-refractivity contribution is -0.138. The van der Waals surface area contributed by atoms with Crippen molar-refractivity contribution in [3.63, 3.8) is 0 Å². The fourth-order valence-corrected chi connectivity index (χ4v) is 3.15. The zero-order valence-electron chi connectivity index (χ0n) is 9.85. The van der Waals surface area contributed by atoms with Crippen LogP contribution in [0.4, 0.5) is 5.69 Å². The predicted molar refractivity (Wildman–Crippen MR) is 66.6 cm³/mol. The fraction of sp³-hybridized carbons (Fsp3) is 0.500. The molecule has 1 saturated heterocycles. The van der Waals surface area contributed by atoms with E-state index in [1.54, 1.807) is 0 Å². The van der Waals surface area contributed by atoms with Crippen LogP contribution in [0.5, 0.6) is 0 Å². The summed E-state index contributed by atoms with van der Waals surface area (Å²) in [6, 6.07) is 6.14. The quantitative estimate of drug-likeness (QED) is 0.849. The summed E-state index contributed by atoms with van der Waals surface area (Å²) in [6.07, 6.45) is 4.19. The van der Waals surface area contributed by atoms with Gasteiger partial charge in [0.1, 0.15) is 0 Å². The molecule has 1 heterocycles. The number of hydrogen-bond donors (Lipinski definition) is 1. The average Bonchev–Trinajstić information content (AvgIpc) is 2.97. The molecule has 17 heavy (non-hydrogen) atoms. The number of aliphatic carboxylic acids is 1. The molecular formula is C14H17NO2. The molecule has 1 atom stereocenters. The first-order chi connectivity index (χ1) is 8.27. The van der Waals surface area contributed by atoms with Gasteiger partial charge in [-0.25, -0.2) is 0 Å². The summed E-state index contributed by atoms with van der Waals surface area (Å²) in [5, 5.41) is 9.20. The van der Waals surface area contributed by atoms with Crippen LogP contribution in [0.3, 0.4) is 0 Å². The molecule has 0 bridgehead atoms. The smallest absolute Gasteiger partial charge is 0.310 e. The van der Waals surface area contributed by atoms with Crippen LogP contribution >= 0.6 is 0 Å². The van der Waals surface area contributed by atoms with Crippen LogP contribution in [0.15, 0.2) is 18.2 Å². The highest BCUT2D eigenvalue weighted by atomic mass is 16.4. The van der Waals surface area contributed by atoms with Crippen LogP contribution in [0.2, 0.25) is 0 Å². The van der Waals surface area contributed by atoms with Gasteiger partial charge in [0.15, 0.2) is 0 Å². The lowest BCUT2D eigenvalue weighted by Crippen LogP contribution is -2.19. The lowest BCUT2D eigenvalue weighted by atomic mass is 10.0. The number of hydrogen-bond acceptors (Lipinski definition) is 2. The number of benzene rings is 1. The minimum absolute atomic E-state index is 0.285. The van der Waals surface area contributed by atoms with E-state index >= 15 is 0 Å². The van der Waals surface area contributed by atoms with Crippen molar-refractivity contribution in [2.24, 2.45) is 0 Å². The highest BCUT2D eigenvalue weighted by Gasteiger charge is 2.31. The Bertz CT molecular complexity index is 450. The van der Waals surface area contributed by atoms with Crippen molar-refractivity contribution in [1.82, 2.24) is 0 Å². The number of rotatable bonds is 2. The largest absolute Gasteiger partial charge is 0.481 e. The van der Waals surface area contributed by atoms with Crippen LogP contribution in [0.25, 0.3) is 0 Å². The molecule has 0 aromatic heterocycles. The average molecular weight is 231 g/mol. The van der Waals surface area contributed by atoms with Crippen molar-refractivity contribution >= 4 is 11.7 Å². The normalized spacial score (nSPS) is 22.8. The molecule has 0 saturated carbocycles. The molecule has 0 spiro atoms. The third-order valence-corrected chi connectivity index (χ3v) is 3.99. The van der Waals surface area contributed by atoms with Crippen molar-refractivity contribution in [3.8, 4) is 0 Å². The second kappa shape index (κ2) is 4.06. The van der Waals surface area contributed by atoms with Gasteiger partial charge in [-0.2, -0.15) is 0 Å². The molecule has 90 valence electrons. The Kier molecular flexibility index (Phi) is 2.54. The molecular weight excluding hydrogens is 214 g/mol. The van der Waals surface area contributed by atoms with Gasteiger partial charge in [0, 0.05) is 18.8 Å². The molecule has 1 aliphatic carbocycles. The summed E-state index contributed by atoms with van der Waals surface area (Å²) in [5.41, 5.74) is 3.60. The number of anilines is 1. The van der Waals surface area contributed by atoms with Gasteiger partial charge in [0.05, 0.1) is 5.92 Å². The third-order valence-electron chi connectivity index (χ3n) is 3.99. The van der Waals surface area contributed by atoms with Gasteiger partial charge in [-0.05, 0) is 42.9 Å². The van der Waals surface area contributed by atoms with E-state index in [1.807, 2.05) is 12.1 Å². The molecule has 0 amide bonds. The van der Waals surface area contributed by atoms with Gasteiger partial charge in [-0.3, -0.25) is 4.79 Å². The van der Waals surface area contributed by atoms with Crippen LogP contribution in [0, 0.1) is 0 Å². The van der Waals surface area contributed by atoms with Crippen LogP contribution in [-0.2, 0) is 11.2 Å². The number of nitrogens with zero attached hydrogens (tertiary/aromatic N) is 1. The summed E-state index contributed by atoms with van der Waals surface area (Å²) in [7, 11) is 0. The maximum absolute atomic E-state index is 11.2. The monoisotopic (exact) mass is 231 g/mol. The Labute approximate surface area is 101 Å². The molecule has 3 heteroatoms. The molecule has 3 rings (SSSR count). The number of carboxylic acids is 1. The first-order valence-electron chi connectivity index (χ1n) is 6.37. The molecule has 1 unspecified atom stereocenters. The van der Waals surface area contributed by atoms with Gasteiger partial charge in [0.25, 0.3) is 0 Å². The second-order valence-corrected chi connectivity index (χ2v) is 4.97. The molecule has 3 nitrogen and oxygen atoms in total. The topological polar surface area (TPSA) is 40.5 Å². The molecule has 1 aromatic carbocycles. The number of carbonyl (C=O) groups is 1.